The SMILES string of the molecule is CC(C)OC[C@@H]1CCN(C)C1. The van der Waals surface area contributed by atoms with Gasteiger partial charge in [-0.15, -0.1) is 0 Å². The minimum Gasteiger partial charge on any atom is -0.378 e. The van der Waals surface area contributed by atoms with Crippen molar-refractivity contribution < 1.29 is 4.74 Å². The van der Waals surface area contributed by atoms with Gasteiger partial charge in [0.2, 0.25) is 0 Å². The third-order valence-electron chi connectivity index (χ3n) is 2.15. The van der Waals surface area contributed by atoms with E-state index in [-0.39, 0.29) is 0 Å². The van der Waals surface area contributed by atoms with Crippen LogP contribution in [0.2, 0.25) is 0 Å². The van der Waals surface area contributed by atoms with E-state index in [9.17, 15) is 0 Å². The molecule has 11 heavy (non-hydrogen) atoms. The highest BCUT2D eigenvalue weighted by Crippen LogP contribution is 2.14. The average molecular weight is 157 g/mol. The Kier molecular flexibility index (Phi) is 3.34. The van der Waals surface area contributed by atoms with Gasteiger partial charge >= 0.3 is 0 Å². The quantitative estimate of drug-likeness (QED) is 0.613. The van der Waals surface area contributed by atoms with Crippen LogP contribution >= 0.6 is 0 Å². The van der Waals surface area contributed by atoms with E-state index in [1.165, 1.54) is 19.5 Å². The molecule has 0 aromatic carbocycles. The Bertz CT molecular complexity index is 114. The van der Waals surface area contributed by atoms with Gasteiger partial charge < -0.3 is 9.64 Å². The molecule has 1 heterocycles. The van der Waals surface area contributed by atoms with Crippen molar-refractivity contribution in [3.63, 3.8) is 0 Å². The van der Waals surface area contributed by atoms with Gasteiger partial charge in [0.1, 0.15) is 0 Å². The van der Waals surface area contributed by atoms with Crippen molar-refractivity contribution in [2.45, 2.75) is 26.4 Å². The number of hydrogen-bond donors (Lipinski definition) is 0. The van der Waals surface area contributed by atoms with E-state index in [0.717, 1.165) is 12.5 Å². The van der Waals surface area contributed by atoms with Gasteiger partial charge in [-0.05, 0) is 39.8 Å². The molecule has 0 amide bonds. The molecule has 0 spiro atoms. The van der Waals surface area contributed by atoms with Crippen LogP contribution in [0, 0.1) is 5.92 Å². The maximum atomic E-state index is 5.55. The standard InChI is InChI=1S/C9H19NO/c1-8(2)11-7-9-4-5-10(3)6-9/h8-9H,4-7H2,1-3H3/t9-/m1/s1. The van der Waals surface area contributed by atoms with E-state index in [1.807, 2.05) is 0 Å². The summed E-state index contributed by atoms with van der Waals surface area (Å²) in [7, 11) is 2.18. The summed E-state index contributed by atoms with van der Waals surface area (Å²) in [5.74, 6) is 0.780. The minimum atomic E-state index is 0.390. The van der Waals surface area contributed by atoms with Crippen LogP contribution in [0.15, 0.2) is 0 Å². The fourth-order valence-corrected chi connectivity index (χ4v) is 1.49. The first kappa shape index (κ1) is 9.01. The van der Waals surface area contributed by atoms with E-state index in [1.54, 1.807) is 0 Å². The minimum absolute atomic E-state index is 0.390. The highest BCUT2D eigenvalue weighted by Gasteiger charge is 2.19. The zero-order valence-electron chi connectivity index (χ0n) is 7.84. The fraction of sp³-hybridized carbons (Fsp3) is 1.00. The Balaban J connectivity index is 2.08. The topological polar surface area (TPSA) is 12.5 Å². The molecule has 2 nitrogen and oxygen atoms in total. The van der Waals surface area contributed by atoms with Gasteiger partial charge in [0, 0.05) is 6.54 Å². The molecule has 0 aromatic heterocycles. The van der Waals surface area contributed by atoms with Crippen molar-refractivity contribution in [1.82, 2.24) is 4.90 Å². The van der Waals surface area contributed by atoms with Gasteiger partial charge in [-0.1, -0.05) is 0 Å². The molecule has 1 atom stereocenters. The first-order chi connectivity index (χ1) is 5.18. The first-order valence-corrected chi connectivity index (χ1v) is 4.48. The van der Waals surface area contributed by atoms with Crippen LogP contribution in [-0.2, 0) is 4.74 Å². The Morgan fingerprint density at radius 2 is 2.27 bits per heavy atom. The van der Waals surface area contributed by atoms with E-state index in [4.69, 9.17) is 4.74 Å². The molecule has 1 fully saturated rings. The van der Waals surface area contributed by atoms with Gasteiger partial charge in [0.25, 0.3) is 0 Å². The molecule has 0 N–H and O–H groups in total. The lowest BCUT2D eigenvalue weighted by atomic mass is 10.1. The first-order valence-electron chi connectivity index (χ1n) is 4.48. The van der Waals surface area contributed by atoms with Crippen molar-refractivity contribution in [2.75, 3.05) is 26.7 Å². The molecular formula is C9H19NO. The van der Waals surface area contributed by atoms with Gasteiger partial charge in [-0.25, -0.2) is 0 Å². The number of ether oxygens (including phenoxy) is 1. The fourth-order valence-electron chi connectivity index (χ4n) is 1.49. The lowest BCUT2D eigenvalue weighted by Gasteiger charge is -2.12. The molecule has 0 aromatic rings. The van der Waals surface area contributed by atoms with E-state index >= 15 is 0 Å². The summed E-state index contributed by atoms with van der Waals surface area (Å²) < 4.78 is 5.55. The normalized spacial score (nSPS) is 26.7. The summed E-state index contributed by atoms with van der Waals surface area (Å²) in [6, 6.07) is 0. The second kappa shape index (κ2) is 4.07. The smallest absolute Gasteiger partial charge is 0.0519 e. The Labute approximate surface area is 69.5 Å². The van der Waals surface area contributed by atoms with Crippen molar-refractivity contribution in [3.05, 3.63) is 0 Å². The highest BCUT2D eigenvalue weighted by atomic mass is 16.5. The summed E-state index contributed by atoms with van der Waals surface area (Å²) in [5, 5.41) is 0. The Hall–Kier alpha value is -0.0800. The molecule has 1 aliphatic heterocycles. The molecule has 1 saturated heterocycles. The maximum absolute atomic E-state index is 5.55. The van der Waals surface area contributed by atoms with Gasteiger partial charge in [-0.3, -0.25) is 0 Å². The molecular weight excluding hydrogens is 138 g/mol. The Morgan fingerprint density at radius 3 is 2.73 bits per heavy atom. The van der Waals surface area contributed by atoms with Crippen molar-refractivity contribution >= 4 is 0 Å². The number of hydrogen-bond acceptors (Lipinski definition) is 2. The van der Waals surface area contributed by atoms with Gasteiger partial charge in [0.15, 0.2) is 0 Å². The van der Waals surface area contributed by atoms with Crippen LogP contribution in [0.4, 0.5) is 0 Å². The van der Waals surface area contributed by atoms with E-state index in [0.29, 0.717) is 6.10 Å². The monoisotopic (exact) mass is 157 g/mol. The van der Waals surface area contributed by atoms with Crippen molar-refractivity contribution in [1.29, 1.82) is 0 Å². The summed E-state index contributed by atoms with van der Waals surface area (Å²) >= 11 is 0. The zero-order valence-corrected chi connectivity index (χ0v) is 7.84. The molecule has 0 bridgehead atoms. The Morgan fingerprint density at radius 1 is 1.55 bits per heavy atom. The average Bonchev–Trinajstić information content (AvgIpc) is 2.31. The number of nitrogens with zero attached hydrogens (tertiary/aromatic N) is 1. The largest absolute Gasteiger partial charge is 0.378 e. The summed E-state index contributed by atoms with van der Waals surface area (Å²) in [4.78, 5) is 2.37. The molecule has 66 valence electrons. The molecule has 0 saturated carbocycles. The zero-order chi connectivity index (χ0) is 8.27. The molecule has 2 heteroatoms. The maximum Gasteiger partial charge on any atom is 0.0519 e. The second-order valence-electron chi connectivity index (χ2n) is 3.80. The second-order valence-corrected chi connectivity index (χ2v) is 3.80. The van der Waals surface area contributed by atoms with Crippen LogP contribution in [0.5, 0.6) is 0 Å². The van der Waals surface area contributed by atoms with Crippen LogP contribution in [0.25, 0.3) is 0 Å². The van der Waals surface area contributed by atoms with Gasteiger partial charge in [-0.2, -0.15) is 0 Å². The number of rotatable bonds is 3. The van der Waals surface area contributed by atoms with Gasteiger partial charge in [0.05, 0.1) is 12.7 Å². The van der Waals surface area contributed by atoms with Crippen molar-refractivity contribution in [2.24, 2.45) is 5.92 Å². The summed E-state index contributed by atoms with van der Waals surface area (Å²) in [6.07, 6.45) is 1.70. The van der Waals surface area contributed by atoms with Crippen molar-refractivity contribution in [3.8, 4) is 0 Å². The lowest BCUT2D eigenvalue weighted by molar-refractivity contribution is 0.0536. The predicted octanol–water partition coefficient (Wildman–Crippen LogP) is 1.36. The number of likely N-dealkylation sites (tertiary alicyclic amines) is 1. The lowest BCUT2D eigenvalue weighted by Crippen LogP contribution is -2.18. The molecule has 0 aliphatic carbocycles. The van der Waals surface area contributed by atoms with Crippen LogP contribution in [-0.4, -0.2) is 37.7 Å². The summed E-state index contributed by atoms with van der Waals surface area (Å²) in [6.45, 7) is 7.60. The van der Waals surface area contributed by atoms with Crippen LogP contribution in [0.3, 0.4) is 0 Å². The van der Waals surface area contributed by atoms with Crippen LogP contribution < -0.4 is 0 Å². The predicted molar refractivity (Wildman–Crippen MR) is 46.7 cm³/mol. The van der Waals surface area contributed by atoms with Crippen LogP contribution in [0.1, 0.15) is 20.3 Å². The third-order valence-corrected chi connectivity index (χ3v) is 2.15. The molecule has 1 rings (SSSR count). The summed E-state index contributed by atoms with van der Waals surface area (Å²) in [5.41, 5.74) is 0. The molecule has 0 unspecified atom stereocenters. The highest BCUT2D eigenvalue weighted by molar-refractivity contribution is 4.72. The third kappa shape index (κ3) is 3.21. The molecule has 0 radical (unpaired) electrons. The van der Waals surface area contributed by atoms with E-state index in [2.05, 4.69) is 25.8 Å². The molecule has 1 aliphatic rings. The van der Waals surface area contributed by atoms with E-state index < -0.39 is 0 Å².